The van der Waals surface area contributed by atoms with E-state index in [4.69, 9.17) is 14.2 Å². The number of nitriles is 1. The quantitative estimate of drug-likeness (QED) is 0.497. The summed E-state index contributed by atoms with van der Waals surface area (Å²) < 4.78 is 16.7. The number of nitrogens with zero attached hydrogens (tertiary/aromatic N) is 2. The molecule has 0 radical (unpaired) electrons. The van der Waals surface area contributed by atoms with Crippen LogP contribution in [0.15, 0.2) is 47.3 Å². The molecule has 2 aliphatic rings. The van der Waals surface area contributed by atoms with Crippen LogP contribution in [0.25, 0.3) is 0 Å². The van der Waals surface area contributed by atoms with Gasteiger partial charge in [0.1, 0.15) is 30.7 Å². The van der Waals surface area contributed by atoms with Gasteiger partial charge in [0.25, 0.3) is 5.56 Å². The molecule has 10 nitrogen and oxygen atoms in total. The van der Waals surface area contributed by atoms with Crippen LogP contribution in [0.1, 0.15) is 29.5 Å². The zero-order chi connectivity index (χ0) is 24.4. The lowest BCUT2D eigenvalue weighted by molar-refractivity contribution is -0.119. The fourth-order valence-corrected chi connectivity index (χ4v) is 4.30. The molecule has 2 aromatic carbocycles. The highest BCUT2D eigenvalue weighted by Gasteiger charge is 2.40. The van der Waals surface area contributed by atoms with Gasteiger partial charge in [-0.15, -0.1) is 0 Å². The van der Waals surface area contributed by atoms with Crippen LogP contribution in [0, 0.1) is 17.2 Å². The Hall–Kier alpha value is -4.52. The Balaban J connectivity index is 1.45. The summed E-state index contributed by atoms with van der Waals surface area (Å²) in [6.07, 6.45) is 0. The second-order valence-electron chi connectivity index (χ2n) is 8.09. The molecule has 178 valence electrons. The van der Waals surface area contributed by atoms with Gasteiger partial charge in [0, 0.05) is 12.5 Å². The zero-order valence-corrected chi connectivity index (χ0v) is 19.0. The van der Waals surface area contributed by atoms with E-state index in [1.807, 2.05) is 31.2 Å². The second-order valence-corrected chi connectivity index (χ2v) is 8.09. The van der Waals surface area contributed by atoms with E-state index in [0.29, 0.717) is 49.2 Å². The van der Waals surface area contributed by atoms with E-state index in [0.717, 1.165) is 5.56 Å². The molecule has 5 rings (SSSR count). The third-order valence-electron chi connectivity index (χ3n) is 5.86. The van der Waals surface area contributed by atoms with Crippen molar-refractivity contribution in [2.24, 2.45) is 5.92 Å². The number of hydrogen-bond donors (Lipinski definition) is 3. The SMILES string of the molecule is CCOc1cccc(C2c3c(nc(NCc4ccc5c(c4)OCCO5)[nH]c3=O)NC(=O)C2C#N)c1. The molecule has 3 N–H and O–H groups in total. The van der Waals surface area contributed by atoms with E-state index in [1.54, 1.807) is 24.3 Å². The first-order valence-corrected chi connectivity index (χ1v) is 11.3. The van der Waals surface area contributed by atoms with Crippen LogP contribution < -0.4 is 30.4 Å². The van der Waals surface area contributed by atoms with Gasteiger partial charge in [-0.05, 0) is 42.3 Å². The van der Waals surface area contributed by atoms with Gasteiger partial charge in [-0.3, -0.25) is 14.6 Å². The maximum Gasteiger partial charge on any atom is 0.258 e. The number of carbonyl (C=O) groups is 1. The van der Waals surface area contributed by atoms with Crippen LogP contribution in [0.4, 0.5) is 11.8 Å². The lowest BCUT2D eigenvalue weighted by Crippen LogP contribution is -2.38. The molecule has 10 heteroatoms. The summed E-state index contributed by atoms with van der Waals surface area (Å²) in [5.41, 5.74) is 1.32. The largest absolute Gasteiger partial charge is 0.494 e. The molecule has 3 aromatic rings. The highest BCUT2D eigenvalue weighted by atomic mass is 16.6. The van der Waals surface area contributed by atoms with Crippen molar-refractivity contribution >= 4 is 17.7 Å². The van der Waals surface area contributed by atoms with E-state index in [-0.39, 0.29) is 17.3 Å². The lowest BCUT2D eigenvalue weighted by Gasteiger charge is -2.28. The van der Waals surface area contributed by atoms with Gasteiger partial charge in [-0.2, -0.15) is 10.2 Å². The van der Waals surface area contributed by atoms with Crippen LogP contribution in [0.2, 0.25) is 0 Å². The van der Waals surface area contributed by atoms with Crippen molar-refractivity contribution in [3.8, 4) is 23.3 Å². The number of rotatable bonds is 6. The number of carbonyl (C=O) groups excluding carboxylic acids is 1. The number of aromatic nitrogens is 2. The number of anilines is 2. The summed E-state index contributed by atoms with van der Waals surface area (Å²) >= 11 is 0. The van der Waals surface area contributed by atoms with Gasteiger partial charge in [-0.1, -0.05) is 18.2 Å². The van der Waals surface area contributed by atoms with Crippen molar-refractivity contribution < 1.29 is 19.0 Å². The van der Waals surface area contributed by atoms with Gasteiger partial charge >= 0.3 is 0 Å². The summed E-state index contributed by atoms with van der Waals surface area (Å²) in [6, 6.07) is 14.7. The molecule has 0 saturated carbocycles. The third kappa shape index (κ3) is 4.36. The third-order valence-corrected chi connectivity index (χ3v) is 5.86. The number of aromatic amines is 1. The van der Waals surface area contributed by atoms with Crippen LogP contribution in [-0.4, -0.2) is 35.7 Å². The Morgan fingerprint density at radius 2 is 2.00 bits per heavy atom. The maximum absolute atomic E-state index is 13.2. The first-order valence-electron chi connectivity index (χ1n) is 11.3. The van der Waals surface area contributed by atoms with Crippen molar-refractivity contribution in [2.75, 3.05) is 30.5 Å². The molecule has 0 spiro atoms. The monoisotopic (exact) mass is 473 g/mol. The molecule has 2 atom stereocenters. The topological polar surface area (TPSA) is 138 Å². The summed E-state index contributed by atoms with van der Waals surface area (Å²) in [7, 11) is 0. The van der Waals surface area contributed by atoms with E-state index in [2.05, 4.69) is 20.6 Å². The van der Waals surface area contributed by atoms with E-state index < -0.39 is 23.3 Å². The van der Waals surface area contributed by atoms with Gasteiger partial charge in [0.15, 0.2) is 11.5 Å². The van der Waals surface area contributed by atoms with Crippen molar-refractivity contribution in [1.29, 1.82) is 5.26 Å². The molecule has 3 heterocycles. The van der Waals surface area contributed by atoms with Gasteiger partial charge in [-0.25, -0.2) is 0 Å². The molecular weight excluding hydrogens is 450 g/mol. The van der Waals surface area contributed by atoms with E-state index in [9.17, 15) is 14.9 Å². The highest BCUT2D eigenvalue weighted by molar-refractivity contribution is 5.98. The smallest absolute Gasteiger partial charge is 0.258 e. The molecule has 0 aliphatic carbocycles. The van der Waals surface area contributed by atoms with Crippen molar-refractivity contribution in [1.82, 2.24) is 9.97 Å². The molecule has 1 amide bonds. The highest BCUT2D eigenvalue weighted by Crippen LogP contribution is 2.39. The molecule has 0 saturated heterocycles. The number of fused-ring (bicyclic) bond motifs is 2. The first kappa shape index (κ1) is 22.3. The van der Waals surface area contributed by atoms with Crippen LogP contribution in [0.3, 0.4) is 0 Å². The average molecular weight is 473 g/mol. The number of ether oxygens (including phenoxy) is 3. The van der Waals surface area contributed by atoms with Gasteiger partial charge < -0.3 is 24.8 Å². The number of H-pyrrole nitrogens is 1. The number of nitrogens with one attached hydrogen (secondary N) is 3. The summed E-state index contributed by atoms with van der Waals surface area (Å²) in [5.74, 6) is -0.114. The van der Waals surface area contributed by atoms with Crippen molar-refractivity contribution in [2.45, 2.75) is 19.4 Å². The molecule has 2 aliphatic heterocycles. The molecular formula is C25H23N5O5. The molecule has 35 heavy (non-hydrogen) atoms. The van der Waals surface area contributed by atoms with Gasteiger partial charge in [0.2, 0.25) is 11.9 Å². The summed E-state index contributed by atoms with van der Waals surface area (Å²) in [6.45, 7) is 3.68. The van der Waals surface area contributed by atoms with Crippen LogP contribution in [0.5, 0.6) is 17.2 Å². The minimum atomic E-state index is -1.08. The summed E-state index contributed by atoms with van der Waals surface area (Å²) in [5, 5.41) is 15.4. The predicted molar refractivity (Wildman–Crippen MR) is 127 cm³/mol. The molecule has 0 bridgehead atoms. The van der Waals surface area contributed by atoms with Crippen molar-refractivity contribution in [3.05, 3.63) is 69.5 Å². The number of amides is 1. The predicted octanol–water partition coefficient (Wildman–Crippen LogP) is 2.78. The number of benzene rings is 2. The zero-order valence-electron chi connectivity index (χ0n) is 19.0. The standard InChI is InChI=1S/C25H23N5O5/c1-2-33-16-5-3-4-15(11-16)20-17(12-26)23(31)28-22-21(20)24(32)30-25(29-22)27-13-14-6-7-18-19(10-14)35-9-8-34-18/h3-7,10-11,17,20H,2,8-9,13H2,1H3,(H3,27,28,29,30,31,32). The Bertz CT molecular complexity index is 1380. The normalized spacial score (nSPS) is 18.1. The second kappa shape index (κ2) is 9.38. The van der Waals surface area contributed by atoms with E-state index in [1.165, 1.54) is 0 Å². The Kier molecular flexibility index (Phi) is 5.97. The number of hydrogen-bond acceptors (Lipinski definition) is 8. The van der Waals surface area contributed by atoms with Crippen LogP contribution >= 0.6 is 0 Å². The molecule has 0 fully saturated rings. The first-order chi connectivity index (χ1) is 17.1. The molecule has 1 aromatic heterocycles. The van der Waals surface area contributed by atoms with Gasteiger partial charge in [0.05, 0.1) is 18.2 Å². The minimum absolute atomic E-state index is 0.127. The Morgan fingerprint density at radius 1 is 1.17 bits per heavy atom. The Labute approximate surface area is 200 Å². The van der Waals surface area contributed by atoms with Crippen LogP contribution in [-0.2, 0) is 11.3 Å². The summed E-state index contributed by atoms with van der Waals surface area (Å²) in [4.78, 5) is 33.1. The van der Waals surface area contributed by atoms with E-state index >= 15 is 0 Å². The fraction of sp³-hybridized carbons (Fsp3) is 0.280. The lowest BCUT2D eigenvalue weighted by atomic mass is 9.79. The van der Waals surface area contributed by atoms with Crippen molar-refractivity contribution in [3.63, 3.8) is 0 Å². The Morgan fingerprint density at radius 3 is 2.80 bits per heavy atom. The molecule has 2 unspecified atom stereocenters. The average Bonchev–Trinajstić information content (AvgIpc) is 2.87. The fourth-order valence-electron chi connectivity index (χ4n) is 4.30. The minimum Gasteiger partial charge on any atom is -0.494 e. The maximum atomic E-state index is 13.2.